The summed E-state index contributed by atoms with van der Waals surface area (Å²) >= 11 is 0. The van der Waals surface area contributed by atoms with Gasteiger partial charge in [-0.25, -0.2) is 13.8 Å². The second-order valence-electron chi connectivity index (χ2n) is 10.7. The van der Waals surface area contributed by atoms with E-state index in [0.29, 0.717) is 18.8 Å². The summed E-state index contributed by atoms with van der Waals surface area (Å²) in [6, 6.07) is 12.2. The Hall–Kier alpha value is -3.13. The van der Waals surface area contributed by atoms with Gasteiger partial charge in [0.1, 0.15) is 23.6 Å². The minimum Gasteiger partial charge on any atom is -0.384 e. The van der Waals surface area contributed by atoms with Gasteiger partial charge in [-0.2, -0.15) is 0 Å². The fraction of sp³-hybridized carbons (Fsp3) is 0.448. The number of rotatable bonds is 10. The molecule has 2 aromatic carbocycles. The number of hydrogen-bond donors (Lipinski definition) is 1. The maximum Gasteiger partial charge on any atom is 0.251 e. The van der Waals surface area contributed by atoms with Crippen molar-refractivity contribution < 1.29 is 23.1 Å². The van der Waals surface area contributed by atoms with Crippen LogP contribution >= 0.6 is 0 Å². The predicted molar refractivity (Wildman–Crippen MR) is 138 cm³/mol. The average Bonchev–Trinajstić information content (AvgIpc) is 3.24. The van der Waals surface area contributed by atoms with Crippen LogP contribution in [-0.2, 0) is 11.3 Å². The summed E-state index contributed by atoms with van der Waals surface area (Å²) in [5.74, 6) is -1.51. The minimum absolute atomic E-state index is 0.0141. The van der Waals surface area contributed by atoms with Crippen LogP contribution in [0, 0.1) is 23.0 Å². The van der Waals surface area contributed by atoms with E-state index in [4.69, 9.17) is 4.98 Å². The van der Waals surface area contributed by atoms with Gasteiger partial charge in [-0.15, -0.1) is 0 Å². The zero-order chi connectivity index (χ0) is 27.3. The number of aliphatic hydroxyl groups is 1. The molecular formula is C29H36F3N3O2. The van der Waals surface area contributed by atoms with Crippen molar-refractivity contribution in [3.8, 4) is 11.3 Å². The highest BCUT2D eigenvalue weighted by molar-refractivity contribution is 5.80. The van der Waals surface area contributed by atoms with E-state index in [1.807, 2.05) is 55.7 Å². The van der Waals surface area contributed by atoms with E-state index in [-0.39, 0.29) is 23.7 Å². The molecule has 0 bridgehead atoms. The van der Waals surface area contributed by atoms with Gasteiger partial charge in [0, 0.05) is 24.8 Å². The van der Waals surface area contributed by atoms with E-state index in [0.717, 1.165) is 23.8 Å². The Balaban J connectivity index is 2.21. The zero-order valence-electron chi connectivity index (χ0n) is 22.1. The molecule has 1 N–H and O–H groups in total. The summed E-state index contributed by atoms with van der Waals surface area (Å²) in [7, 11) is 0. The van der Waals surface area contributed by atoms with Gasteiger partial charge >= 0.3 is 0 Å². The molecule has 0 aliphatic carbocycles. The highest BCUT2D eigenvalue weighted by Gasteiger charge is 2.39. The normalized spacial score (nSPS) is 14.3. The van der Waals surface area contributed by atoms with Crippen molar-refractivity contribution in [1.29, 1.82) is 0 Å². The third-order valence-electron chi connectivity index (χ3n) is 6.35. The zero-order valence-corrected chi connectivity index (χ0v) is 22.1. The van der Waals surface area contributed by atoms with Gasteiger partial charge in [-0.05, 0) is 48.4 Å². The Bertz CT molecular complexity index is 1190. The van der Waals surface area contributed by atoms with Gasteiger partial charge in [0.25, 0.3) is 5.91 Å². The molecule has 8 heteroatoms. The van der Waals surface area contributed by atoms with Gasteiger partial charge < -0.3 is 14.6 Å². The first-order chi connectivity index (χ1) is 17.4. The number of benzene rings is 2. The van der Waals surface area contributed by atoms with Crippen molar-refractivity contribution in [2.75, 3.05) is 13.2 Å². The number of aromatic nitrogens is 2. The molecule has 37 heavy (non-hydrogen) atoms. The van der Waals surface area contributed by atoms with Gasteiger partial charge in [0.05, 0.1) is 18.4 Å². The molecule has 3 rings (SSSR count). The van der Waals surface area contributed by atoms with Crippen LogP contribution in [0.5, 0.6) is 0 Å². The molecule has 1 aromatic heterocycles. The number of aliphatic hydroxyl groups excluding tert-OH is 1. The fourth-order valence-electron chi connectivity index (χ4n) is 4.42. The third kappa shape index (κ3) is 7.01. The Labute approximate surface area is 217 Å². The molecule has 0 aliphatic rings. The molecule has 1 unspecified atom stereocenters. The van der Waals surface area contributed by atoms with Crippen molar-refractivity contribution >= 4 is 5.91 Å². The maximum absolute atomic E-state index is 14.8. The number of nitrogens with zero attached hydrogens (tertiary/aromatic N) is 3. The Morgan fingerprint density at radius 2 is 1.78 bits per heavy atom. The Kier molecular flexibility index (Phi) is 9.18. The monoisotopic (exact) mass is 515 g/mol. The molecular weight excluding hydrogens is 479 g/mol. The first kappa shape index (κ1) is 28.4. The maximum atomic E-state index is 14.8. The lowest BCUT2D eigenvalue weighted by molar-refractivity contribution is -0.145. The Morgan fingerprint density at radius 1 is 1.11 bits per heavy atom. The molecule has 0 aliphatic heterocycles. The van der Waals surface area contributed by atoms with Crippen LogP contribution in [0.25, 0.3) is 11.3 Å². The molecule has 3 aromatic rings. The van der Waals surface area contributed by atoms with E-state index in [1.165, 1.54) is 6.92 Å². The van der Waals surface area contributed by atoms with Crippen molar-refractivity contribution in [1.82, 2.24) is 14.5 Å². The van der Waals surface area contributed by atoms with E-state index < -0.39 is 41.8 Å². The van der Waals surface area contributed by atoms with Gasteiger partial charge in [0.2, 0.25) is 0 Å². The molecule has 0 saturated heterocycles. The molecule has 5 nitrogen and oxygen atoms in total. The van der Waals surface area contributed by atoms with Crippen molar-refractivity contribution in [2.24, 2.45) is 11.3 Å². The second kappa shape index (κ2) is 11.9. The average molecular weight is 516 g/mol. The van der Waals surface area contributed by atoms with Gasteiger partial charge in [-0.3, -0.25) is 9.18 Å². The number of carbonyl (C=O) groups excluding carboxylic acids is 1. The van der Waals surface area contributed by atoms with Gasteiger partial charge in [-0.1, -0.05) is 58.0 Å². The Morgan fingerprint density at radius 3 is 2.38 bits per heavy atom. The van der Waals surface area contributed by atoms with Crippen molar-refractivity contribution in [3.63, 3.8) is 0 Å². The summed E-state index contributed by atoms with van der Waals surface area (Å²) < 4.78 is 43.9. The second-order valence-corrected chi connectivity index (χ2v) is 10.7. The highest BCUT2D eigenvalue weighted by Crippen LogP contribution is 2.40. The molecule has 0 spiro atoms. The lowest BCUT2D eigenvalue weighted by Gasteiger charge is -2.41. The number of alkyl halides is 1. The highest BCUT2D eigenvalue weighted by atomic mass is 19.1. The van der Waals surface area contributed by atoms with Crippen LogP contribution in [0.15, 0.2) is 54.7 Å². The quantitative estimate of drug-likeness (QED) is 0.351. The molecule has 3 atom stereocenters. The summed E-state index contributed by atoms with van der Waals surface area (Å²) in [5, 5.41) is 10.2. The predicted octanol–water partition coefficient (Wildman–Crippen LogP) is 6.17. The van der Waals surface area contributed by atoms with Crippen LogP contribution in [0.3, 0.4) is 0 Å². The smallest absolute Gasteiger partial charge is 0.251 e. The first-order valence-corrected chi connectivity index (χ1v) is 12.5. The number of amides is 1. The molecule has 1 heterocycles. The number of hydrogen-bond acceptors (Lipinski definition) is 3. The molecule has 0 fully saturated rings. The van der Waals surface area contributed by atoms with Crippen molar-refractivity contribution in [2.45, 2.75) is 59.7 Å². The van der Waals surface area contributed by atoms with Crippen LogP contribution in [0.2, 0.25) is 0 Å². The number of carbonyl (C=O) groups is 1. The van der Waals surface area contributed by atoms with Crippen LogP contribution < -0.4 is 0 Å². The fourth-order valence-corrected chi connectivity index (χ4v) is 4.42. The molecule has 0 saturated carbocycles. The van der Waals surface area contributed by atoms with Crippen LogP contribution in [-0.4, -0.2) is 44.8 Å². The number of imidazole rings is 1. The van der Waals surface area contributed by atoms with Crippen LogP contribution in [0.4, 0.5) is 13.2 Å². The molecule has 200 valence electrons. The first-order valence-electron chi connectivity index (χ1n) is 12.5. The minimum atomic E-state index is -1.27. The largest absolute Gasteiger partial charge is 0.384 e. The summed E-state index contributed by atoms with van der Waals surface area (Å²) in [5.41, 5.74) is 0.638. The van der Waals surface area contributed by atoms with E-state index in [1.54, 1.807) is 18.0 Å². The molecule has 0 radical (unpaired) electrons. The lowest BCUT2D eigenvalue weighted by atomic mass is 9.84. The summed E-state index contributed by atoms with van der Waals surface area (Å²) in [4.78, 5) is 19.6. The van der Waals surface area contributed by atoms with Crippen LogP contribution in [0.1, 0.15) is 58.5 Å². The topological polar surface area (TPSA) is 58.4 Å². The SMILES string of the molecule is CC(O)C(=O)N(CC[C@H](C)CF)[C@@H](c1nc(-c2cc(F)ccc2F)cn1Cc1ccccc1)C(C)(C)C. The van der Waals surface area contributed by atoms with Gasteiger partial charge in [0.15, 0.2) is 0 Å². The van der Waals surface area contributed by atoms with E-state index in [2.05, 4.69) is 0 Å². The van der Waals surface area contributed by atoms with E-state index in [9.17, 15) is 23.1 Å². The van der Waals surface area contributed by atoms with Crippen molar-refractivity contribution in [3.05, 3.63) is 77.8 Å². The third-order valence-corrected chi connectivity index (χ3v) is 6.35. The summed E-state index contributed by atoms with van der Waals surface area (Å²) in [6.45, 7) is 9.06. The number of halogens is 3. The standard InChI is InChI=1S/C29H36F3N3O2/c1-19(16-30)13-14-35(28(37)20(2)36)26(29(3,4)5)27-33-25(23-15-22(31)11-12-24(23)32)18-34(27)17-21-9-7-6-8-10-21/h6-12,15,18-20,26,36H,13-14,16-17H2,1-5H3/t19-,20?,26-/m0/s1. The summed E-state index contributed by atoms with van der Waals surface area (Å²) in [6.07, 6.45) is 0.781. The van der Waals surface area contributed by atoms with E-state index >= 15 is 0 Å². The molecule has 1 amide bonds. The lowest BCUT2D eigenvalue weighted by Crippen LogP contribution is -2.47.